The van der Waals surface area contributed by atoms with E-state index in [1.807, 2.05) is 61.6 Å². The number of hydrogen-bond acceptors (Lipinski definition) is 2. The van der Waals surface area contributed by atoms with Crippen molar-refractivity contribution in [3.63, 3.8) is 0 Å². The number of imidazole rings is 1. The van der Waals surface area contributed by atoms with E-state index in [1.54, 1.807) is 4.90 Å². The smallest absolute Gasteiger partial charge is 0.224 e. The number of nitrogens with zero attached hydrogens (tertiary/aromatic N) is 3. The number of aromatic nitrogens is 2. The molecule has 0 N–H and O–H groups in total. The molecule has 5 heteroatoms. The molecular weight excluding hydrogens is 418 g/mol. The molecule has 3 aromatic carbocycles. The summed E-state index contributed by atoms with van der Waals surface area (Å²) in [6, 6.07) is 22.2. The van der Waals surface area contributed by atoms with Gasteiger partial charge in [0.25, 0.3) is 0 Å². The summed E-state index contributed by atoms with van der Waals surface area (Å²) in [6.45, 7) is 5.40. The lowest BCUT2D eigenvalue weighted by Gasteiger charge is -2.18. The molecule has 4 rings (SSSR count). The van der Waals surface area contributed by atoms with E-state index in [1.165, 1.54) is 11.1 Å². The molecule has 1 heterocycles. The van der Waals surface area contributed by atoms with Crippen molar-refractivity contribution in [2.45, 2.75) is 39.8 Å². The Balaban J connectivity index is 1.59. The van der Waals surface area contributed by atoms with Gasteiger partial charge in [0.1, 0.15) is 5.82 Å². The van der Waals surface area contributed by atoms with E-state index >= 15 is 0 Å². The van der Waals surface area contributed by atoms with Gasteiger partial charge in [-0.15, -0.1) is 0 Å². The van der Waals surface area contributed by atoms with Crippen LogP contribution in [-0.2, 0) is 24.3 Å². The zero-order valence-electron chi connectivity index (χ0n) is 18.8. The molecule has 1 aromatic heterocycles. The second-order valence-electron chi connectivity index (χ2n) is 8.36. The Morgan fingerprint density at radius 1 is 1.00 bits per heavy atom. The van der Waals surface area contributed by atoms with Crippen LogP contribution >= 0.6 is 11.6 Å². The Kier molecular flexibility index (Phi) is 6.61. The van der Waals surface area contributed by atoms with Crippen molar-refractivity contribution in [3.05, 3.63) is 99.8 Å². The first kappa shape index (κ1) is 22.1. The molecule has 0 bridgehead atoms. The zero-order valence-corrected chi connectivity index (χ0v) is 19.6. The van der Waals surface area contributed by atoms with Crippen molar-refractivity contribution in [1.29, 1.82) is 0 Å². The highest BCUT2D eigenvalue weighted by Gasteiger charge is 2.16. The molecule has 164 valence electrons. The predicted octanol–water partition coefficient (Wildman–Crippen LogP) is 5.95. The number of benzene rings is 3. The minimum atomic E-state index is 0.114. The highest BCUT2D eigenvalue weighted by molar-refractivity contribution is 6.31. The molecule has 0 aliphatic rings. The molecule has 0 saturated heterocycles. The molecule has 0 saturated carbocycles. The van der Waals surface area contributed by atoms with Gasteiger partial charge in [-0.25, -0.2) is 4.98 Å². The average molecular weight is 446 g/mol. The summed E-state index contributed by atoms with van der Waals surface area (Å²) in [5.41, 5.74) is 6.61. The monoisotopic (exact) mass is 445 g/mol. The largest absolute Gasteiger partial charge is 0.341 e. The summed E-state index contributed by atoms with van der Waals surface area (Å²) in [5, 5.41) is 0.733. The number of fused-ring (bicyclic) bond motifs is 1. The van der Waals surface area contributed by atoms with E-state index in [2.05, 4.69) is 30.5 Å². The molecule has 0 aliphatic heterocycles. The van der Waals surface area contributed by atoms with Crippen LogP contribution in [0.5, 0.6) is 0 Å². The molecule has 0 fully saturated rings. The fourth-order valence-corrected chi connectivity index (χ4v) is 4.17. The first-order valence-corrected chi connectivity index (χ1v) is 11.3. The van der Waals surface area contributed by atoms with Crippen molar-refractivity contribution >= 4 is 28.5 Å². The number of carbonyl (C=O) groups excluding carboxylic acids is 1. The normalized spacial score (nSPS) is 11.1. The van der Waals surface area contributed by atoms with Gasteiger partial charge >= 0.3 is 0 Å². The number of aryl methyl sites for hydroxylation is 3. The van der Waals surface area contributed by atoms with Gasteiger partial charge in [0.2, 0.25) is 5.91 Å². The third kappa shape index (κ3) is 4.86. The first-order valence-electron chi connectivity index (χ1n) is 10.9. The van der Waals surface area contributed by atoms with Gasteiger partial charge in [-0.3, -0.25) is 4.79 Å². The Hall–Kier alpha value is -3.11. The molecule has 0 aliphatic carbocycles. The minimum Gasteiger partial charge on any atom is -0.341 e. The Bertz CT molecular complexity index is 1250. The molecule has 4 aromatic rings. The fourth-order valence-electron chi connectivity index (χ4n) is 3.97. The lowest BCUT2D eigenvalue weighted by Crippen LogP contribution is -2.27. The number of carbonyl (C=O) groups is 1. The summed E-state index contributed by atoms with van der Waals surface area (Å²) in [7, 11) is 1.86. The van der Waals surface area contributed by atoms with Gasteiger partial charge in [-0.1, -0.05) is 60.1 Å². The first-order chi connectivity index (χ1) is 15.4. The average Bonchev–Trinajstić information content (AvgIpc) is 3.10. The van der Waals surface area contributed by atoms with Crippen LogP contribution in [0.2, 0.25) is 5.02 Å². The Labute approximate surface area is 194 Å². The van der Waals surface area contributed by atoms with E-state index in [-0.39, 0.29) is 5.91 Å². The quantitative estimate of drug-likeness (QED) is 0.352. The summed E-state index contributed by atoms with van der Waals surface area (Å²) < 4.78 is 2.18. The summed E-state index contributed by atoms with van der Waals surface area (Å²) in [5.74, 6) is 1.04. The van der Waals surface area contributed by atoms with Gasteiger partial charge < -0.3 is 9.47 Å². The molecule has 32 heavy (non-hydrogen) atoms. The SMILES string of the molecule is Cc1cc2nc(Cc3ccccc3Cl)n(CCC(=O)N(C)Cc3ccccc3)c2cc1C. The lowest BCUT2D eigenvalue weighted by atomic mass is 10.1. The maximum absolute atomic E-state index is 12.9. The zero-order chi connectivity index (χ0) is 22.7. The van der Waals surface area contributed by atoms with Crippen LogP contribution in [0.15, 0.2) is 66.7 Å². The van der Waals surface area contributed by atoms with Gasteiger partial charge in [0, 0.05) is 38.0 Å². The summed E-state index contributed by atoms with van der Waals surface area (Å²) >= 11 is 6.42. The number of hydrogen-bond donors (Lipinski definition) is 0. The van der Waals surface area contributed by atoms with Crippen molar-refractivity contribution in [1.82, 2.24) is 14.5 Å². The predicted molar refractivity (Wildman–Crippen MR) is 131 cm³/mol. The second kappa shape index (κ2) is 9.58. The van der Waals surface area contributed by atoms with Crippen molar-refractivity contribution in [3.8, 4) is 0 Å². The summed E-state index contributed by atoms with van der Waals surface area (Å²) in [4.78, 5) is 19.6. The Morgan fingerprint density at radius 3 is 2.44 bits per heavy atom. The molecule has 4 nitrogen and oxygen atoms in total. The Morgan fingerprint density at radius 2 is 1.69 bits per heavy atom. The van der Waals surface area contributed by atoms with Crippen LogP contribution in [0, 0.1) is 13.8 Å². The molecule has 0 unspecified atom stereocenters. The molecule has 0 spiro atoms. The third-order valence-electron chi connectivity index (χ3n) is 5.99. The van der Waals surface area contributed by atoms with E-state index in [4.69, 9.17) is 16.6 Å². The van der Waals surface area contributed by atoms with E-state index in [9.17, 15) is 4.79 Å². The van der Waals surface area contributed by atoms with Crippen molar-refractivity contribution in [2.75, 3.05) is 7.05 Å². The fraction of sp³-hybridized carbons (Fsp3) is 0.259. The van der Waals surface area contributed by atoms with Gasteiger partial charge in [0.15, 0.2) is 0 Å². The topological polar surface area (TPSA) is 38.1 Å². The van der Waals surface area contributed by atoms with Crippen molar-refractivity contribution in [2.24, 2.45) is 0 Å². The van der Waals surface area contributed by atoms with Crippen LogP contribution in [0.25, 0.3) is 11.0 Å². The van der Waals surface area contributed by atoms with Gasteiger partial charge in [-0.05, 0) is 54.3 Å². The molecule has 0 radical (unpaired) electrons. The van der Waals surface area contributed by atoms with Crippen LogP contribution in [0.3, 0.4) is 0 Å². The van der Waals surface area contributed by atoms with Crippen LogP contribution < -0.4 is 0 Å². The van der Waals surface area contributed by atoms with Crippen molar-refractivity contribution < 1.29 is 4.79 Å². The van der Waals surface area contributed by atoms with Crippen LogP contribution in [0.4, 0.5) is 0 Å². The maximum Gasteiger partial charge on any atom is 0.224 e. The van der Waals surface area contributed by atoms with E-state index in [0.717, 1.165) is 33.0 Å². The number of halogens is 1. The number of amides is 1. The molecule has 1 amide bonds. The summed E-state index contributed by atoms with van der Waals surface area (Å²) in [6.07, 6.45) is 1.04. The second-order valence-corrected chi connectivity index (χ2v) is 8.77. The maximum atomic E-state index is 12.9. The lowest BCUT2D eigenvalue weighted by molar-refractivity contribution is -0.130. The molecule has 0 atom stereocenters. The van der Waals surface area contributed by atoms with Gasteiger partial charge in [-0.2, -0.15) is 0 Å². The number of rotatable bonds is 7. The standard InChI is InChI=1S/C27H28ClN3O/c1-19-15-24-25(16-20(19)2)31(26(29-24)17-22-11-7-8-12-23(22)28)14-13-27(32)30(3)18-21-9-5-4-6-10-21/h4-12,15-16H,13-14,17-18H2,1-3H3. The van der Waals surface area contributed by atoms with E-state index in [0.29, 0.717) is 25.9 Å². The van der Waals surface area contributed by atoms with Crippen LogP contribution in [-0.4, -0.2) is 27.4 Å². The minimum absolute atomic E-state index is 0.114. The third-order valence-corrected chi connectivity index (χ3v) is 6.36. The highest BCUT2D eigenvalue weighted by atomic mass is 35.5. The van der Waals surface area contributed by atoms with E-state index < -0.39 is 0 Å². The molecular formula is C27H28ClN3O. The van der Waals surface area contributed by atoms with Crippen LogP contribution in [0.1, 0.15) is 34.5 Å². The van der Waals surface area contributed by atoms with Gasteiger partial charge in [0.05, 0.1) is 11.0 Å². The highest BCUT2D eigenvalue weighted by Crippen LogP contribution is 2.25.